The molecule has 178 valence electrons. The average molecular weight is 534 g/mol. The zero-order chi connectivity index (χ0) is 24.9. The Morgan fingerprint density at radius 2 is 1.66 bits per heavy atom. The van der Waals surface area contributed by atoms with E-state index in [0.29, 0.717) is 22.5 Å². The summed E-state index contributed by atoms with van der Waals surface area (Å²) in [6.45, 7) is 7.69. The third-order valence-corrected chi connectivity index (χ3v) is 6.88. The van der Waals surface area contributed by atoms with Gasteiger partial charge in [0.1, 0.15) is 22.7 Å². The van der Waals surface area contributed by atoms with Gasteiger partial charge in [-0.1, -0.05) is 15.9 Å². The molecule has 0 atom stereocenters. The van der Waals surface area contributed by atoms with E-state index >= 15 is 0 Å². The number of hydrogen-bond acceptors (Lipinski definition) is 5. The Morgan fingerprint density at radius 1 is 0.971 bits per heavy atom. The first-order valence-electron chi connectivity index (χ1n) is 11.3. The highest BCUT2D eigenvalue weighted by Gasteiger charge is 2.17. The molecule has 0 aliphatic heterocycles. The van der Waals surface area contributed by atoms with Gasteiger partial charge in [-0.2, -0.15) is 5.10 Å². The number of hydrogen-bond donors (Lipinski definition) is 1. The molecule has 8 heteroatoms. The number of halogens is 1. The number of nitrogens with zero attached hydrogens (tertiary/aromatic N) is 2. The lowest BCUT2D eigenvalue weighted by Gasteiger charge is -2.10. The molecule has 1 amide bonds. The fourth-order valence-electron chi connectivity index (χ4n) is 4.33. The lowest BCUT2D eigenvalue weighted by molar-refractivity contribution is -0.116. The minimum Gasteiger partial charge on any atom is -0.461 e. The van der Waals surface area contributed by atoms with Gasteiger partial charge in [-0.3, -0.25) is 4.79 Å². The second kappa shape index (κ2) is 8.85. The Labute approximate surface area is 209 Å². The maximum absolute atomic E-state index is 12.8. The summed E-state index contributed by atoms with van der Waals surface area (Å²) >= 11 is 3.43. The standard InChI is InChI=1S/C27H24BrN3O4/c1-14-11-25(31(30-14)19-7-5-18(28)6-8-19)29-26(32)10-9-20-16(3)22-12-21-15(2)17(4)34-23(21)13-24(22)35-27(20)33/h5-8,11-13H,9-10H2,1-4H3,(H,29,32). The molecular weight excluding hydrogens is 510 g/mol. The number of carbonyl (C=O) groups excluding carboxylic acids is 1. The second-order valence-electron chi connectivity index (χ2n) is 8.73. The summed E-state index contributed by atoms with van der Waals surface area (Å²) in [4.78, 5) is 25.6. The number of fused-ring (bicyclic) bond motifs is 2. The van der Waals surface area contributed by atoms with Crippen LogP contribution in [0.15, 0.2) is 60.6 Å². The van der Waals surface area contributed by atoms with Gasteiger partial charge < -0.3 is 14.2 Å². The first-order valence-corrected chi connectivity index (χ1v) is 12.1. The van der Waals surface area contributed by atoms with Crippen molar-refractivity contribution in [1.82, 2.24) is 9.78 Å². The summed E-state index contributed by atoms with van der Waals surface area (Å²) in [6, 6.07) is 13.2. The molecule has 0 fully saturated rings. The molecule has 0 spiro atoms. The molecule has 5 aromatic rings. The first kappa shape index (κ1) is 23.1. The number of nitrogens with one attached hydrogen (secondary N) is 1. The molecule has 2 aromatic carbocycles. The number of aromatic nitrogens is 2. The van der Waals surface area contributed by atoms with Crippen LogP contribution in [0.1, 0.15) is 34.6 Å². The largest absolute Gasteiger partial charge is 0.461 e. The summed E-state index contributed by atoms with van der Waals surface area (Å²) in [5.74, 6) is 1.20. The average Bonchev–Trinajstić information content (AvgIpc) is 3.31. The molecule has 0 saturated carbocycles. The van der Waals surface area contributed by atoms with Crippen molar-refractivity contribution in [2.75, 3.05) is 5.32 Å². The summed E-state index contributed by atoms with van der Waals surface area (Å²) in [7, 11) is 0. The van der Waals surface area contributed by atoms with Crippen molar-refractivity contribution in [1.29, 1.82) is 0 Å². The fourth-order valence-corrected chi connectivity index (χ4v) is 4.59. The molecule has 0 bridgehead atoms. The maximum atomic E-state index is 12.8. The van der Waals surface area contributed by atoms with Gasteiger partial charge in [0.05, 0.1) is 11.4 Å². The summed E-state index contributed by atoms with van der Waals surface area (Å²) in [5, 5.41) is 9.26. The molecule has 0 unspecified atom stereocenters. The molecule has 5 rings (SSSR count). The number of aryl methyl sites for hydroxylation is 4. The predicted molar refractivity (Wildman–Crippen MR) is 139 cm³/mol. The lowest BCUT2D eigenvalue weighted by Crippen LogP contribution is -2.18. The van der Waals surface area contributed by atoms with E-state index in [2.05, 4.69) is 26.3 Å². The van der Waals surface area contributed by atoms with Crippen molar-refractivity contribution in [3.05, 3.63) is 85.5 Å². The van der Waals surface area contributed by atoms with E-state index in [1.807, 2.05) is 64.1 Å². The summed E-state index contributed by atoms with van der Waals surface area (Å²) < 4.78 is 14.0. The van der Waals surface area contributed by atoms with Gasteiger partial charge in [-0.05, 0) is 75.6 Å². The van der Waals surface area contributed by atoms with Gasteiger partial charge in [0.25, 0.3) is 0 Å². The highest BCUT2D eigenvalue weighted by Crippen LogP contribution is 2.31. The van der Waals surface area contributed by atoms with Gasteiger partial charge in [-0.25, -0.2) is 9.48 Å². The lowest BCUT2D eigenvalue weighted by atomic mass is 10.0. The number of furan rings is 1. The van der Waals surface area contributed by atoms with Gasteiger partial charge in [0, 0.05) is 39.4 Å². The predicted octanol–water partition coefficient (Wildman–Crippen LogP) is 6.29. The van der Waals surface area contributed by atoms with E-state index in [9.17, 15) is 9.59 Å². The first-order chi connectivity index (χ1) is 16.7. The Morgan fingerprint density at radius 3 is 2.40 bits per heavy atom. The summed E-state index contributed by atoms with van der Waals surface area (Å²) in [6.07, 6.45) is 0.399. The van der Waals surface area contributed by atoms with Crippen molar-refractivity contribution in [2.24, 2.45) is 0 Å². The van der Waals surface area contributed by atoms with E-state index in [-0.39, 0.29) is 18.7 Å². The molecule has 7 nitrogen and oxygen atoms in total. The topological polar surface area (TPSA) is 90.3 Å². The van der Waals surface area contributed by atoms with E-state index in [1.54, 1.807) is 10.7 Å². The Hall–Kier alpha value is -3.65. The zero-order valence-electron chi connectivity index (χ0n) is 19.9. The highest BCUT2D eigenvalue weighted by atomic mass is 79.9. The minimum atomic E-state index is -0.433. The van der Waals surface area contributed by atoms with Crippen LogP contribution in [0.25, 0.3) is 27.6 Å². The Kier molecular flexibility index (Phi) is 5.84. The van der Waals surface area contributed by atoms with E-state index in [4.69, 9.17) is 8.83 Å². The van der Waals surface area contributed by atoms with Crippen LogP contribution in [-0.4, -0.2) is 15.7 Å². The van der Waals surface area contributed by atoms with E-state index in [1.165, 1.54) is 0 Å². The van der Waals surface area contributed by atoms with Gasteiger partial charge in [0.15, 0.2) is 0 Å². The van der Waals surface area contributed by atoms with Crippen LogP contribution in [0.5, 0.6) is 0 Å². The van der Waals surface area contributed by atoms with Crippen molar-refractivity contribution in [3.63, 3.8) is 0 Å². The molecule has 1 N–H and O–H groups in total. The SMILES string of the molecule is Cc1cc(NC(=O)CCc2c(C)c3cc4c(C)c(C)oc4cc3oc2=O)n(-c2ccc(Br)cc2)n1. The summed E-state index contributed by atoms with van der Waals surface area (Å²) in [5.41, 5.74) is 4.74. The van der Waals surface area contributed by atoms with Crippen molar-refractivity contribution < 1.29 is 13.6 Å². The van der Waals surface area contributed by atoms with E-state index < -0.39 is 5.63 Å². The van der Waals surface area contributed by atoms with Crippen LogP contribution in [0, 0.1) is 27.7 Å². The third kappa shape index (κ3) is 4.30. The van der Waals surface area contributed by atoms with Crippen molar-refractivity contribution in [3.8, 4) is 5.69 Å². The molecule has 0 aliphatic rings. The fraction of sp³-hybridized carbons (Fsp3) is 0.222. The second-order valence-corrected chi connectivity index (χ2v) is 9.64. The number of carbonyl (C=O) groups is 1. The van der Waals surface area contributed by atoms with Crippen LogP contribution in [-0.2, 0) is 11.2 Å². The number of anilines is 1. The molecule has 3 aromatic heterocycles. The van der Waals surface area contributed by atoms with Crippen LogP contribution in [0.3, 0.4) is 0 Å². The molecule has 0 aliphatic carbocycles. The highest BCUT2D eigenvalue weighted by molar-refractivity contribution is 9.10. The Balaban J connectivity index is 1.39. The van der Waals surface area contributed by atoms with Gasteiger partial charge >= 0.3 is 5.63 Å². The molecule has 0 saturated heterocycles. The quantitative estimate of drug-likeness (QED) is 0.268. The third-order valence-electron chi connectivity index (χ3n) is 6.35. The molecule has 0 radical (unpaired) electrons. The maximum Gasteiger partial charge on any atom is 0.339 e. The number of amides is 1. The minimum absolute atomic E-state index is 0.133. The molecule has 35 heavy (non-hydrogen) atoms. The smallest absolute Gasteiger partial charge is 0.339 e. The number of rotatable bonds is 5. The zero-order valence-corrected chi connectivity index (χ0v) is 21.4. The monoisotopic (exact) mass is 533 g/mol. The normalized spacial score (nSPS) is 11.5. The van der Waals surface area contributed by atoms with Gasteiger partial charge in [-0.15, -0.1) is 0 Å². The molecule has 3 heterocycles. The Bertz CT molecular complexity index is 1660. The number of benzene rings is 2. The van der Waals surface area contributed by atoms with Crippen molar-refractivity contribution in [2.45, 2.75) is 40.5 Å². The van der Waals surface area contributed by atoms with Crippen LogP contribution < -0.4 is 10.9 Å². The van der Waals surface area contributed by atoms with Crippen LogP contribution >= 0.6 is 15.9 Å². The van der Waals surface area contributed by atoms with Crippen LogP contribution in [0.4, 0.5) is 5.82 Å². The molecular formula is C27H24BrN3O4. The van der Waals surface area contributed by atoms with Gasteiger partial charge in [0.2, 0.25) is 5.91 Å². The van der Waals surface area contributed by atoms with Crippen LogP contribution in [0.2, 0.25) is 0 Å². The van der Waals surface area contributed by atoms with Crippen molar-refractivity contribution >= 4 is 49.6 Å². The van der Waals surface area contributed by atoms with E-state index in [0.717, 1.165) is 43.5 Å².